The zero-order chi connectivity index (χ0) is 13.0. The molecule has 1 aromatic heterocycles. The maximum atomic E-state index is 11.4. The van der Waals surface area contributed by atoms with Crippen LogP contribution in [0.2, 0.25) is 0 Å². The van der Waals surface area contributed by atoms with Gasteiger partial charge in [0.05, 0.1) is 5.52 Å². The van der Waals surface area contributed by atoms with Crippen LogP contribution in [0.25, 0.3) is 10.9 Å². The molecule has 1 aromatic carbocycles. The minimum Gasteiger partial charge on any atom is -0.410 e. The molecular formula is C12H8N4O2. The van der Waals surface area contributed by atoms with Crippen molar-refractivity contribution in [1.82, 2.24) is 4.98 Å². The lowest BCUT2D eigenvalue weighted by Crippen LogP contribution is -2.22. The summed E-state index contributed by atoms with van der Waals surface area (Å²) in [5.41, 5.74) is 0.0969. The van der Waals surface area contributed by atoms with Crippen molar-refractivity contribution in [1.29, 1.82) is 5.26 Å². The molecule has 0 bridgehead atoms. The number of oxime groups is 1. The number of para-hydroxylation sites is 1. The van der Waals surface area contributed by atoms with E-state index in [1.807, 2.05) is 18.2 Å². The highest BCUT2D eigenvalue weighted by Gasteiger charge is 2.12. The Hall–Kier alpha value is -2.94. The molecule has 6 nitrogen and oxygen atoms in total. The van der Waals surface area contributed by atoms with E-state index in [9.17, 15) is 4.79 Å². The number of pyridine rings is 1. The number of carbonyl (C=O) groups is 1. The second-order valence-corrected chi connectivity index (χ2v) is 3.40. The van der Waals surface area contributed by atoms with Crippen LogP contribution in [0.3, 0.4) is 0 Å². The summed E-state index contributed by atoms with van der Waals surface area (Å²) < 4.78 is 0. The molecule has 0 aliphatic carbocycles. The number of aromatic nitrogens is 1. The van der Waals surface area contributed by atoms with Gasteiger partial charge in [0.15, 0.2) is 0 Å². The number of amides is 1. The Morgan fingerprint density at radius 2 is 2.11 bits per heavy atom. The summed E-state index contributed by atoms with van der Waals surface area (Å²) in [6.45, 7) is 0. The highest BCUT2D eigenvalue weighted by Crippen LogP contribution is 2.14. The SMILES string of the molecule is N#C/C(=N\O)C(=O)Nc1ccc2ccccc2n1. The highest BCUT2D eigenvalue weighted by atomic mass is 16.4. The molecule has 1 amide bonds. The van der Waals surface area contributed by atoms with Gasteiger partial charge < -0.3 is 10.5 Å². The molecule has 0 radical (unpaired) electrons. The monoisotopic (exact) mass is 240 g/mol. The van der Waals surface area contributed by atoms with E-state index >= 15 is 0 Å². The molecule has 1 heterocycles. The van der Waals surface area contributed by atoms with Gasteiger partial charge in [0.25, 0.3) is 5.91 Å². The molecule has 6 heteroatoms. The van der Waals surface area contributed by atoms with Gasteiger partial charge in [0.2, 0.25) is 5.71 Å². The topological polar surface area (TPSA) is 98.4 Å². The van der Waals surface area contributed by atoms with Gasteiger partial charge in [0, 0.05) is 5.39 Å². The Morgan fingerprint density at radius 3 is 2.83 bits per heavy atom. The van der Waals surface area contributed by atoms with E-state index in [0.29, 0.717) is 0 Å². The minimum atomic E-state index is -0.803. The standard InChI is InChI=1S/C12H8N4O2/c13-7-10(16-18)12(17)15-11-6-5-8-3-1-2-4-9(8)14-11/h1-6,18H,(H,14,15,17)/b16-10+. The van der Waals surface area contributed by atoms with E-state index in [0.717, 1.165) is 10.9 Å². The van der Waals surface area contributed by atoms with Crippen molar-refractivity contribution in [3.8, 4) is 6.07 Å². The van der Waals surface area contributed by atoms with Crippen LogP contribution >= 0.6 is 0 Å². The van der Waals surface area contributed by atoms with E-state index in [1.165, 1.54) is 6.07 Å². The van der Waals surface area contributed by atoms with Gasteiger partial charge in [-0.15, -0.1) is 0 Å². The average molecular weight is 240 g/mol. The summed E-state index contributed by atoms with van der Waals surface area (Å²) in [4.78, 5) is 15.6. The lowest BCUT2D eigenvalue weighted by Gasteiger charge is -2.03. The first kappa shape index (κ1) is 11.5. The van der Waals surface area contributed by atoms with Crippen molar-refractivity contribution in [3.05, 3.63) is 36.4 Å². The van der Waals surface area contributed by atoms with Gasteiger partial charge in [0.1, 0.15) is 11.9 Å². The quantitative estimate of drug-likeness (QED) is 0.472. The normalized spacial score (nSPS) is 10.9. The molecule has 18 heavy (non-hydrogen) atoms. The summed E-state index contributed by atoms with van der Waals surface area (Å²) in [6.07, 6.45) is 0. The van der Waals surface area contributed by atoms with Gasteiger partial charge in [-0.2, -0.15) is 5.26 Å². The number of nitrogens with one attached hydrogen (secondary N) is 1. The number of benzene rings is 1. The van der Waals surface area contributed by atoms with E-state index in [1.54, 1.807) is 18.2 Å². The van der Waals surface area contributed by atoms with Crippen molar-refractivity contribution < 1.29 is 10.0 Å². The van der Waals surface area contributed by atoms with E-state index in [2.05, 4.69) is 15.5 Å². The zero-order valence-corrected chi connectivity index (χ0v) is 9.16. The van der Waals surface area contributed by atoms with E-state index in [-0.39, 0.29) is 5.82 Å². The van der Waals surface area contributed by atoms with Crippen molar-refractivity contribution in [2.45, 2.75) is 0 Å². The Morgan fingerprint density at radius 1 is 1.33 bits per heavy atom. The highest BCUT2D eigenvalue weighted by molar-refractivity contribution is 6.48. The predicted octanol–water partition coefficient (Wildman–Crippen LogP) is 1.53. The largest absolute Gasteiger partial charge is 0.410 e. The molecule has 0 atom stereocenters. The number of carbonyl (C=O) groups excluding carboxylic acids is 1. The van der Waals surface area contributed by atoms with Crippen molar-refractivity contribution >= 4 is 28.3 Å². The fourth-order valence-electron chi connectivity index (χ4n) is 1.43. The third-order valence-electron chi connectivity index (χ3n) is 2.26. The molecule has 2 rings (SSSR count). The van der Waals surface area contributed by atoms with Crippen LogP contribution < -0.4 is 5.32 Å². The van der Waals surface area contributed by atoms with Crippen LogP contribution in [0, 0.1) is 11.3 Å². The maximum Gasteiger partial charge on any atom is 0.289 e. The Bertz CT molecular complexity index is 673. The third kappa shape index (κ3) is 2.25. The fourth-order valence-corrected chi connectivity index (χ4v) is 1.43. The summed E-state index contributed by atoms with van der Waals surface area (Å²) in [5.74, 6) is -0.516. The number of anilines is 1. The molecule has 0 saturated carbocycles. The summed E-state index contributed by atoms with van der Waals surface area (Å²) >= 11 is 0. The third-order valence-corrected chi connectivity index (χ3v) is 2.26. The number of fused-ring (bicyclic) bond motifs is 1. The molecule has 0 saturated heterocycles. The first-order valence-electron chi connectivity index (χ1n) is 5.04. The van der Waals surface area contributed by atoms with Gasteiger partial charge in [-0.25, -0.2) is 4.98 Å². The van der Waals surface area contributed by atoms with Gasteiger partial charge in [-0.3, -0.25) is 4.79 Å². The lowest BCUT2D eigenvalue weighted by molar-refractivity contribution is -0.110. The Balaban J connectivity index is 2.28. The van der Waals surface area contributed by atoms with Gasteiger partial charge in [-0.1, -0.05) is 23.4 Å². The summed E-state index contributed by atoms with van der Waals surface area (Å²) in [6, 6.07) is 12.3. The molecular weight excluding hydrogens is 232 g/mol. The number of nitrogens with zero attached hydrogens (tertiary/aromatic N) is 3. The number of hydrogen-bond donors (Lipinski definition) is 2. The molecule has 0 unspecified atom stereocenters. The molecule has 0 fully saturated rings. The molecule has 2 aromatic rings. The second-order valence-electron chi connectivity index (χ2n) is 3.40. The molecule has 0 aliphatic rings. The number of nitriles is 1. The summed E-state index contributed by atoms with van der Waals surface area (Å²) in [7, 11) is 0. The van der Waals surface area contributed by atoms with Gasteiger partial charge >= 0.3 is 0 Å². The average Bonchev–Trinajstić information content (AvgIpc) is 2.40. The fraction of sp³-hybridized carbons (Fsp3) is 0. The van der Waals surface area contributed by atoms with Crippen LogP contribution in [0.4, 0.5) is 5.82 Å². The van der Waals surface area contributed by atoms with E-state index < -0.39 is 11.6 Å². The van der Waals surface area contributed by atoms with Gasteiger partial charge in [-0.05, 0) is 18.2 Å². The minimum absolute atomic E-state index is 0.287. The maximum absolute atomic E-state index is 11.4. The number of hydrogen-bond acceptors (Lipinski definition) is 5. The van der Waals surface area contributed by atoms with Crippen LogP contribution in [-0.4, -0.2) is 21.8 Å². The van der Waals surface area contributed by atoms with Crippen molar-refractivity contribution in [2.75, 3.05) is 5.32 Å². The molecule has 88 valence electrons. The van der Waals surface area contributed by atoms with Crippen LogP contribution in [0.1, 0.15) is 0 Å². The smallest absolute Gasteiger partial charge is 0.289 e. The number of rotatable bonds is 2. The molecule has 2 N–H and O–H groups in total. The first-order chi connectivity index (χ1) is 8.74. The van der Waals surface area contributed by atoms with Crippen molar-refractivity contribution in [3.63, 3.8) is 0 Å². The summed E-state index contributed by atoms with van der Waals surface area (Å²) in [5, 5.41) is 22.8. The Kier molecular flexibility index (Phi) is 3.16. The van der Waals surface area contributed by atoms with Crippen LogP contribution in [-0.2, 0) is 4.79 Å². The van der Waals surface area contributed by atoms with Crippen molar-refractivity contribution in [2.24, 2.45) is 5.16 Å². The zero-order valence-electron chi connectivity index (χ0n) is 9.16. The van der Waals surface area contributed by atoms with Crippen LogP contribution in [0.5, 0.6) is 0 Å². The Labute approximate surface area is 102 Å². The van der Waals surface area contributed by atoms with E-state index in [4.69, 9.17) is 10.5 Å². The van der Waals surface area contributed by atoms with Crippen LogP contribution in [0.15, 0.2) is 41.6 Å². The lowest BCUT2D eigenvalue weighted by atomic mass is 10.2. The first-order valence-corrected chi connectivity index (χ1v) is 5.04. The molecule has 0 aliphatic heterocycles. The second kappa shape index (κ2) is 4.93. The molecule has 0 spiro atoms. The predicted molar refractivity (Wildman–Crippen MR) is 65.2 cm³/mol.